The molecule has 0 aromatic heterocycles. The number of carbonyl (C=O) groups is 4. The molecule has 170 valence electrons. The highest BCUT2D eigenvalue weighted by atomic mass is 16.5. The van der Waals surface area contributed by atoms with Crippen LogP contribution in [0.4, 0.5) is 4.79 Å². The lowest BCUT2D eigenvalue weighted by Crippen LogP contribution is -2.46. The maximum atomic E-state index is 12.7. The van der Waals surface area contributed by atoms with Gasteiger partial charge in [-0.1, -0.05) is 18.6 Å². The first-order valence-corrected chi connectivity index (χ1v) is 10.6. The first kappa shape index (κ1) is 24.5. The molecule has 0 bridgehead atoms. The Bertz CT molecular complexity index is 784. The van der Waals surface area contributed by atoms with Crippen LogP contribution < -0.4 is 5.32 Å². The number of hydrogen-bond donors (Lipinski definition) is 1. The van der Waals surface area contributed by atoms with Crippen LogP contribution in [-0.4, -0.2) is 67.3 Å². The van der Waals surface area contributed by atoms with E-state index >= 15 is 0 Å². The third-order valence-electron chi connectivity index (χ3n) is 4.88. The van der Waals surface area contributed by atoms with Gasteiger partial charge in [0.25, 0.3) is 0 Å². The number of nitrogens with zero attached hydrogens (tertiary/aromatic N) is 2. The maximum Gasteiger partial charge on any atom is 0.350 e. The minimum Gasteiger partial charge on any atom is -0.465 e. The molecule has 0 aromatic carbocycles. The number of amides is 4. The van der Waals surface area contributed by atoms with Gasteiger partial charge in [-0.25, -0.2) is 9.59 Å². The predicted molar refractivity (Wildman–Crippen MR) is 114 cm³/mol. The van der Waals surface area contributed by atoms with Gasteiger partial charge >= 0.3 is 12.0 Å². The Morgan fingerprint density at radius 2 is 1.97 bits per heavy atom. The molecule has 0 radical (unpaired) electrons. The Labute approximate surface area is 182 Å². The van der Waals surface area contributed by atoms with Gasteiger partial charge < -0.3 is 14.8 Å². The normalized spacial score (nSPS) is 17.9. The van der Waals surface area contributed by atoms with Gasteiger partial charge in [0.05, 0.1) is 30.4 Å². The molecule has 0 fully saturated rings. The second-order valence-electron chi connectivity index (χ2n) is 7.67. The van der Waals surface area contributed by atoms with E-state index in [9.17, 15) is 19.2 Å². The molecule has 9 heteroatoms. The number of carbonyl (C=O) groups excluding carboxylic acids is 4. The fourth-order valence-electron chi connectivity index (χ4n) is 3.23. The third-order valence-corrected chi connectivity index (χ3v) is 4.88. The number of aliphatic imine (C=N–C) groups is 1. The van der Waals surface area contributed by atoms with E-state index in [1.807, 2.05) is 13.8 Å². The molecular formula is C22H31N3O6. The van der Waals surface area contributed by atoms with Crippen LogP contribution in [0.3, 0.4) is 0 Å². The molecule has 2 aliphatic rings. The highest BCUT2D eigenvalue weighted by Gasteiger charge is 2.36. The number of esters is 1. The topological polar surface area (TPSA) is 114 Å². The van der Waals surface area contributed by atoms with Gasteiger partial charge in [0, 0.05) is 26.1 Å². The van der Waals surface area contributed by atoms with Crippen molar-refractivity contribution in [1.29, 1.82) is 0 Å². The predicted octanol–water partition coefficient (Wildman–Crippen LogP) is 2.17. The van der Waals surface area contributed by atoms with Crippen LogP contribution in [0, 0.1) is 5.92 Å². The molecule has 0 aromatic rings. The fraction of sp³-hybridized carbons (Fsp3) is 0.591. The monoisotopic (exact) mass is 433 g/mol. The van der Waals surface area contributed by atoms with Crippen LogP contribution in [0.1, 0.15) is 46.0 Å². The number of fused-ring (bicyclic) bond motifs is 1. The van der Waals surface area contributed by atoms with Crippen molar-refractivity contribution in [1.82, 2.24) is 10.2 Å². The molecule has 1 N–H and O–H groups in total. The quantitative estimate of drug-likeness (QED) is 0.373. The van der Waals surface area contributed by atoms with Crippen LogP contribution >= 0.6 is 0 Å². The summed E-state index contributed by atoms with van der Waals surface area (Å²) in [5, 5.41) is 2.86. The van der Waals surface area contributed by atoms with Gasteiger partial charge in [-0.3, -0.25) is 14.5 Å². The molecule has 0 spiro atoms. The maximum absolute atomic E-state index is 12.7. The number of urea groups is 1. The van der Waals surface area contributed by atoms with Gasteiger partial charge in [-0.2, -0.15) is 4.99 Å². The molecule has 1 heterocycles. The molecule has 0 saturated heterocycles. The number of unbranched alkanes of at least 4 members (excludes halogenated alkanes) is 2. The van der Waals surface area contributed by atoms with E-state index in [-0.39, 0.29) is 35.7 Å². The van der Waals surface area contributed by atoms with E-state index in [1.165, 1.54) is 19.3 Å². The number of allylic oxidation sites excluding steroid dienone is 1. The van der Waals surface area contributed by atoms with Crippen molar-refractivity contribution in [2.45, 2.75) is 52.1 Å². The highest BCUT2D eigenvalue weighted by molar-refractivity contribution is 6.23. The SMILES string of the molecule is COC(=O)C1=CC2=NC(=O)N(CCCCCC(=O)NCCCOC(C)C)C(=O)C2C=C1. The molecule has 1 atom stereocenters. The molecule has 4 amide bonds. The van der Waals surface area contributed by atoms with Crippen molar-refractivity contribution < 1.29 is 28.7 Å². The zero-order valence-electron chi connectivity index (χ0n) is 18.4. The lowest BCUT2D eigenvalue weighted by molar-refractivity contribution is -0.136. The van der Waals surface area contributed by atoms with Gasteiger partial charge in [-0.15, -0.1) is 0 Å². The fourth-order valence-corrected chi connectivity index (χ4v) is 3.23. The van der Waals surface area contributed by atoms with E-state index in [0.717, 1.165) is 11.3 Å². The number of methoxy groups -OCH3 is 1. The molecule has 2 rings (SSSR count). The van der Waals surface area contributed by atoms with Crippen LogP contribution in [0.15, 0.2) is 28.8 Å². The smallest absolute Gasteiger partial charge is 0.350 e. The first-order chi connectivity index (χ1) is 14.8. The van der Waals surface area contributed by atoms with E-state index in [4.69, 9.17) is 4.74 Å². The van der Waals surface area contributed by atoms with E-state index in [0.29, 0.717) is 38.8 Å². The van der Waals surface area contributed by atoms with Crippen LogP contribution in [0.25, 0.3) is 0 Å². The van der Waals surface area contributed by atoms with Gasteiger partial charge in [0.1, 0.15) is 0 Å². The Morgan fingerprint density at radius 3 is 2.68 bits per heavy atom. The van der Waals surface area contributed by atoms with E-state index < -0.39 is 17.9 Å². The minimum atomic E-state index is -0.670. The largest absolute Gasteiger partial charge is 0.465 e. The van der Waals surface area contributed by atoms with Crippen molar-refractivity contribution in [2.24, 2.45) is 10.9 Å². The van der Waals surface area contributed by atoms with E-state index in [2.05, 4.69) is 15.0 Å². The molecule has 31 heavy (non-hydrogen) atoms. The molecular weight excluding hydrogens is 402 g/mol. The number of imide groups is 1. The summed E-state index contributed by atoms with van der Waals surface area (Å²) in [5.74, 6) is -1.58. The van der Waals surface area contributed by atoms with Gasteiger partial charge in [0.15, 0.2) is 0 Å². The summed E-state index contributed by atoms with van der Waals surface area (Å²) < 4.78 is 10.1. The summed E-state index contributed by atoms with van der Waals surface area (Å²) in [4.78, 5) is 53.5. The summed E-state index contributed by atoms with van der Waals surface area (Å²) in [6, 6.07) is -0.631. The number of rotatable bonds is 12. The van der Waals surface area contributed by atoms with Crippen LogP contribution in [-0.2, 0) is 23.9 Å². The second kappa shape index (κ2) is 12.1. The Morgan fingerprint density at radius 1 is 1.19 bits per heavy atom. The van der Waals surface area contributed by atoms with E-state index in [1.54, 1.807) is 6.08 Å². The lowest BCUT2D eigenvalue weighted by Gasteiger charge is -2.28. The third kappa shape index (κ3) is 7.43. The summed E-state index contributed by atoms with van der Waals surface area (Å²) in [5.41, 5.74) is 0.502. The standard InChI is InChI=1S/C22H31N3O6/c1-15(2)31-13-7-11-23-19(26)8-5-4-6-12-25-20(27)17-10-9-16(21(28)30-3)14-18(17)24-22(25)29/h9-10,14-15,17H,4-8,11-13H2,1-3H3,(H,23,26). The molecule has 1 unspecified atom stereocenters. The Balaban J connectivity index is 1.70. The number of ether oxygens (including phenoxy) is 2. The van der Waals surface area contributed by atoms with Crippen molar-refractivity contribution >= 4 is 29.5 Å². The van der Waals surface area contributed by atoms with Crippen LogP contribution in [0.5, 0.6) is 0 Å². The lowest BCUT2D eigenvalue weighted by atomic mass is 9.92. The minimum absolute atomic E-state index is 0.00976. The number of nitrogens with one attached hydrogen (secondary N) is 1. The first-order valence-electron chi connectivity index (χ1n) is 10.6. The summed E-state index contributed by atoms with van der Waals surface area (Å²) >= 11 is 0. The van der Waals surface area contributed by atoms with Crippen LogP contribution in [0.2, 0.25) is 0 Å². The number of hydrogen-bond acceptors (Lipinski definition) is 6. The Kier molecular flexibility index (Phi) is 9.58. The van der Waals surface area contributed by atoms with Gasteiger partial charge in [-0.05, 0) is 39.2 Å². The molecule has 1 aliphatic carbocycles. The zero-order chi connectivity index (χ0) is 22.8. The Hall–Kier alpha value is -2.81. The van der Waals surface area contributed by atoms with Crippen molar-refractivity contribution in [2.75, 3.05) is 26.8 Å². The summed E-state index contributed by atoms with van der Waals surface area (Å²) in [7, 11) is 1.26. The summed E-state index contributed by atoms with van der Waals surface area (Å²) in [6.45, 7) is 5.40. The summed E-state index contributed by atoms with van der Waals surface area (Å²) in [6.07, 6.45) is 7.83. The average molecular weight is 434 g/mol. The van der Waals surface area contributed by atoms with Crippen molar-refractivity contribution in [3.05, 3.63) is 23.8 Å². The average Bonchev–Trinajstić information content (AvgIpc) is 2.74. The second-order valence-corrected chi connectivity index (χ2v) is 7.67. The van der Waals surface area contributed by atoms with Crippen molar-refractivity contribution in [3.8, 4) is 0 Å². The molecule has 1 aliphatic heterocycles. The molecule has 0 saturated carbocycles. The van der Waals surface area contributed by atoms with Crippen molar-refractivity contribution in [3.63, 3.8) is 0 Å². The van der Waals surface area contributed by atoms with Gasteiger partial charge in [0.2, 0.25) is 11.8 Å². The zero-order valence-corrected chi connectivity index (χ0v) is 18.4. The highest BCUT2D eigenvalue weighted by Crippen LogP contribution is 2.23. The molecule has 9 nitrogen and oxygen atoms in total.